The molecule has 0 bridgehead atoms. The average Bonchev–Trinajstić information content (AvgIpc) is 2.53. The van der Waals surface area contributed by atoms with Crippen molar-refractivity contribution in [3.8, 4) is 0 Å². The molecule has 0 spiro atoms. The predicted molar refractivity (Wildman–Crippen MR) is 81.0 cm³/mol. The van der Waals surface area contributed by atoms with Crippen LogP contribution in [0.3, 0.4) is 0 Å². The van der Waals surface area contributed by atoms with E-state index in [0.29, 0.717) is 0 Å². The fraction of sp³-hybridized carbons (Fsp3) is 0.200. The molecule has 1 aromatic carbocycles. The number of benzene rings is 1. The number of pyridine rings is 1. The molecule has 4 nitrogen and oxygen atoms in total. The SMILES string of the molecule is CC(C(=O)NN)c1ccc(CSc2ccncc2)cc1. The molecule has 0 radical (unpaired) electrons. The minimum absolute atomic E-state index is 0.177. The maximum Gasteiger partial charge on any atom is 0.241 e. The Balaban J connectivity index is 1.96. The molecule has 0 aliphatic heterocycles. The molecule has 0 fully saturated rings. The molecule has 1 unspecified atom stereocenters. The van der Waals surface area contributed by atoms with E-state index < -0.39 is 0 Å². The van der Waals surface area contributed by atoms with Gasteiger partial charge in [0, 0.05) is 23.0 Å². The Bertz CT molecular complexity index is 557. The van der Waals surface area contributed by atoms with Crippen molar-refractivity contribution in [3.63, 3.8) is 0 Å². The number of hydrogen-bond acceptors (Lipinski definition) is 4. The molecule has 1 atom stereocenters. The van der Waals surface area contributed by atoms with Crippen LogP contribution in [-0.4, -0.2) is 10.9 Å². The highest BCUT2D eigenvalue weighted by atomic mass is 32.2. The lowest BCUT2D eigenvalue weighted by molar-refractivity contribution is -0.122. The molecule has 1 aromatic heterocycles. The minimum Gasteiger partial charge on any atom is -0.294 e. The van der Waals surface area contributed by atoms with Gasteiger partial charge in [-0.05, 0) is 30.2 Å². The molecule has 0 aliphatic rings. The number of nitrogens with one attached hydrogen (secondary N) is 1. The van der Waals surface area contributed by atoms with Crippen LogP contribution < -0.4 is 11.3 Å². The van der Waals surface area contributed by atoms with Gasteiger partial charge in [-0.2, -0.15) is 0 Å². The van der Waals surface area contributed by atoms with Crippen molar-refractivity contribution in [2.75, 3.05) is 0 Å². The molecule has 1 amide bonds. The monoisotopic (exact) mass is 287 g/mol. The number of rotatable bonds is 5. The van der Waals surface area contributed by atoms with Gasteiger partial charge >= 0.3 is 0 Å². The zero-order chi connectivity index (χ0) is 14.4. The Morgan fingerprint density at radius 3 is 2.50 bits per heavy atom. The molecular weight excluding hydrogens is 270 g/mol. The first-order valence-electron chi connectivity index (χ1n) is 6.33. The lowest BCUT2D eigenvalue weighted by Gasteiger charge is -2.10. The highest BCUT2D eigenvalue weighted by molar-refractivity contribution is 7.98. The molecule has 2 aromatic rings. The molecule has 104 valence electrons. The van der Waals surface area contributed by atoms with Gasteiger partial charge < -0.3 is 0 Å². The van der Waals surface area contributed by atoms with Gasteiger partial charge in [0.15, 0.2) is 0 Å². The Hall–Kier alpha value is -1.85. The predicted octanol–water partition coefficient (Wildman–Crippen LogP) is 2.47. The Kier molecular flexibility index (Phi) is 5.15. The fourth-order valence-electron chi connectivity index (χ4n) is 1.78. The van der Waals surface area contributed by atoms with E-state index >= 15 is 0 Å². The molecule has 3 N–H and O–H groups in total. The number of amides is 1. The summed E-state index contributed by atoms with van der Waals surface area (Å²) in [5.74, 6) is 5.62. The zero-order valence-electron chi connectivity index (χ0n) is 11.2. The van der Waals surface area contributed by atoms with Crippen LogP contribution >= 0.6 is 11.8 Å². The van der Waals surface area contributed by atoms with Crippen molar-refractivity contribution in [3.05, 3.63) is 59.9 Å². The molecule has 0 aliphatic carbocycles. The van der Waals surface area contributed by atoms with Crippen molar-refractivity contribution >= 4 is 17.7 Å². The number of hydrazine groups is 1. The number of aromatic nitrogens is 1. The number of nitrogens with zero attached hydrogens (tertiary/aromatic N) is 1. The summed E-state index contributed by atoms with van der Waals surface area (Å²) in [5.41, 5.74) is 4.36. The second-order valence-corrected chi connectivity index (χ2v) is 5.49. The van der Waals surface area contributed by atoms with Gasteiger partial charge in [0.2, 0.25) is 5.91 Å². The van der Waals surface area contributed by atoms with Crippen LogP contribution in [0.25, 0.3) is 0 Å². The second-order valence-electron chi connectivity index (χ2n) is 4.44. The minimum atomic E-state index is -0.234. The maximum absolute atomic E-state index is 11.5. The first-order valence-corrected chi connectivity index (χ1v) is 7.31. The van der Waals surface area contributed by atoms with E-state index in [9.17, 15) is 4.79 Å². The number of thioether (sulfide) groups is 1. The Morgan fingerprint density at radius 1 is 1.25 bits per heavy atom. The van der Waals surface area contributed by atoms with Crippen LogP contribution in [0.5, 0.6) is 0 Å². The first-order chi connectivity index (χ1) is 9.70. The van der Waals surface area contributed by atoms with Crippen molar-refractivity contribution in [1.82, 2.24) is 10.4 Å². The van der Waals surface area contributed by atoms with Crippen molar-refractivity contribution in [2.45, 2.75) is 23.5 Å². The smallest absolute Gasteiger partial charge is 0.241 e. The van der Waals surface area contributed by atoms with E-state index in [2.05, 4.69) is 10.4 Å². The maximum atomic E-state index is 11.5. The van der Waals surface area contributed by atoms with Gasteiger partial charge in [-0.15, -0.1) is 11.8 Å². The second kappa shape index (κ2) is 7.07. The lowest BCUT2D eigenvalue weighted by Crippen LogP contribution is -2.33. The van der Waals surface area contributed by atoms with Crippen molar-refractivity contribution in [1.29, 1.82) is 0 Å². The summed E-state index contributed by atoms with van der Waals surface area (Å²) in [4.78, 5) is 16.7. The first kappa shape index (κ1) is 14.6. The third kappa shape index (κ3) is 3.82. The molecule has 1 heterocycles. The van der Waals surface area contributed by atoms with E-state index in [4.69, 9.17) is 5.84 Å². The van der Waals surface area contributed by atoms with Crippen LogP contribution in [0.4, 0.5) is 0 Å². The van der Waals surface area contributed by atoms with Crippen LogP contribution in [0, 0.1) is 0 Å². The Labute approximate surface area is 122 Å². The van der Waals surface area contributed by atoms with Gasteiger partial charge in [0.25, 0.3) is 0 Å². The summed E-state index contributed by atoms with van der Waals surface area (Å²) in [6.07, 6.45) is 3.58. The normalized spacial score (nSPS) is 11.9. The molecule has 5 heteroatoms. The van der Waals surface area contributed by atoms with Crippen LogP contribution in [0.15, 0.2) is 53.7 Å². The summed E-state index contributed by atoms with van der Waals surface area (Å²) in [7, 11) is 0. The highest BCUT2D eigenvalue weighted by Gasteiger charge is 2.13. The Morgan fingerprint density at radius 2 is 1.90 bits per heavy atom. The van der Waals surface area contributed by atoms with Gasteiger partial charge in [-0.1, -0.05) is 24.3 Å². The molecular formula is C15H17N3OS. The standard InChI is InChI=1S/C15H17N3OS/c1-11(15(19)18-16)13-4-2-12(3-5-13)10-20-14-6-8-17-9-7-14/h2-9,11H,10,16H2,1H3,(H,18,19). The topological polar surface area (TPSA) is 68.0 Å². The van der Waals surface area contributed by atoms with Gasteiger partial charge in [-0.3, -0.25) is 15.2 Å². The molecule has 0 saturated carbocycles. The van der Waals surface area contributed by atoms with Gasteiger partial charge in [0.1, 0.15) is 0 Å². The van der Waals surface area contributed by atoms with Gasteiger partial charge in [0.05, 0.1) is 5.92 Å². The fourth-order valence-corrected chi connectivity index (χ4v) is 2.62. The van der Waals surface area contributed by atoms with Gasteiger partial charge in [-0.25, -0.2) is 5.84 Å². The molecule has 20 heavy (non-hydrogen) atoms. The number of hydrogen-bond donors (Lipinski definition) is 2. The number of carbonyl (C=O) groups excluding carboxylic acids is 1. The average molecular weight is 287 g/mol. The van der Waals surface area contributed by atoms with Crippen molar-refractivity contribution in [2.24, 2.45) is 5.84 Å². The summed E-state index contributed by atoms with van der Waals surface area (Å²) in [5, 5.41) is 0. The number of nitrogens with two attached hydrogens (primary N) is 1. The summed E-state index contributed by atoms with van der Waals surface area (Å²) >= 11 is 1.76. The molecule has 2 rings (SSSR count). The largest absolute Gasteiger partial charge is 0.294 e. The third-order valence-corrected chi connectivity index (χ3v) is 4.15. The number of carbonyl (C=O) groups is 1. The summed E-state index contributed by atoms with van der Waals surface area (Å²) in [6, 6.07) is 12.0. The third-order valence-electron chi connectivity index (χ3n) is 3.07. The van der Waals surface area contributed by atoms with E-state index in [1.54, 1.807) is 24.2 Å². The van der Waals surface area contributed by atoms with E-state index in [1.165, 1.54) is 10.5 Å². The quantitative estimate of drug-likeness (QED) is 0.384. The molecule has 0 saturated heterocycles. The summed E-state index contributed by atoms with van der Waals surface area (Å²) < 4.78 is 0. The van der Waals surface area contributed by atoms with E-state index in [1.807, 2.05) is 43.3 Å². The highest BCUT2D eigenvalue weighted by Crippen LogP contribution is 2.23. The van der Waals surface area contributed by atoms with E-state index in [-0.39, 0.29) is 11.8 Å². The van der Waals surface area contributed by atoms with Crippen LogP contribution in [0.2, 0.25) is 0 Å². The summed E-state index contributed by atoms with van der Waals surface area (Å²) in [6.45, 7) is 1.84. The lowest BCUT2D eigenvalue weighted by atomic mass is 9.99. The van der Waals surface area contributed by atoms with Crippen LogP contribution in [0.1, 0.15) is 24.0 Å². The van der Waals surface area contributed by atoms with Crippen LogP contribution in [-0.2, 0) is 10.5 Å². The van der Waals surface area contributed by atoms with E-state index in [0.717, 1.165) is 11.3 Å². The van der Waals surface area contributed by atoms with Crippen molar-refractivity contribution < 1.29 is 4.79 Å². The zero-order valence-corrected chi connectivity index (χ0v) is 12.1.